The van der Waals surface area contributed by atoms with Crippen molar-refractivity contribution in [2.24, 2.45) is 0 Å². The van der Waals surface area contributed by atoms with Gasteiger partial charge in [-0.1, -0.05) is 12.1 Å². The van der Waals surface area contributed by atoms with Crippen LogP contribution in [0.15, 0.2) is 40.6 Å². The lowest BCUT2D eigenvalue weighted by molar-refractivity contribution is -0.115. The molecule has 1 saturated heterocycles. The Labute approximate surface area is 157 Å². The summed E-state index contributed by atoms with van der Waals surface area (Å²) < 4.78 is 26.8. The molecule has 1 aliphatic heterocycles. The zero-order valence-electron chi connectivity index (χ0n) is 13.5. The van der Waals surface area contributed by atoms with Crippen LogP contribution in [0.1, 0.15) is 17.7 Å². The number of carbonyl (C=O) groups is 1. The molecule has 1 aromatic heterocycles. The van der Waals surface area contributed by atoms with Gasteiger partial charge in [-0.3, -0.25) is 4.79 Å². The first-order chi connectivity index (χ1) is 11.5. The number of nitrogens with zero attached hydrogens (tertiary/aromatic N) is 1. The monoisotopic (exact) mass is 401 g/mol. The molecule has 0 unspecified atom stereocenters. The minimum atomic E-state index is -3.42. The van der Waals surface area contributed by atoms with Crippen molar-refractivity contribution < 1.29 is 13.2 Å². The van der Waals surface area contributed by atoms with Crippen LogP contribution in [0.3, 0.4) is 0 Å². The molecule has 1 aliphatic rings. The fourth-order valence-electron chi connectivity index (χ4n) is 2.61. The third kappa shape index (κ3) is 4.52. The SMILES string of the molecule is Cl.Nc1ccccc1NC(=O)Cc1ccc(S(=O)(=O)N2CCCC2)s1. The average Bonchev–Trinajstić information content (AvgIpc) is 3.21. The number of rotatable bonds is 5. The number of nitrogens with one attached hydrogen (secondary N) is 1. The standard InChI is InChI=1S/C16H19N3O3S2.ClH/c17-13-5-1-2-6-14(13)18-15(20)11-12-7-8-16(23-12)24(21,22)19-9-3-4-10-19;/h1-2,5-8H,3-4,9-11,17H2,(H,18,20);1H. The minimum absolute atomic E-state index is 0. The molecule has 136 valence electrons. The summed E-state index contributed by atoms with van der Waals surface area (Å²) in [6.45, 7) is 1.15. The van der Waals surface area contributed by atoms with Gasteiger partial charge in [0.25, 0.3) is 10.0 Å². The Morgan fingerprint density at radius 2 is 1.84 bits per heavy atom. The summed E-state index contributed by atoms with van der Waals surface area (Å²) in [5.74, 6) is -0.222. The van der Waals surface area contributed by atoms with E-state index in [4.69, 9.17) is 5.73 Å². The van der Waals surface area contributed by atoms with Crippen molar-refractivity contribution in [3.63, 3.8) is 0 Å². The van der Waals surface area contributed by atoms with Crippen LogP contribution in [0.2, 0.25) is 0 Å². The predicted molar refractivity (Wildman–Crippen MR) is 103 cm³/mol. The van der Waals surface area contributed by atoms with Crippen LogP contribution >= 0.6 is 23.7 Å². The van der Waals surface area contributed by atoms with Crippen LogP contribution in [0, 0.1) is 0 Å². The molecule has 2 aromatic rings. The van der Waals surface area contributed by atoms with E-state index in [1.165, 1.54) is 4.31 Å². The number of amides is 1. The average molecular weight is 402 g/mol. The van der Waals surface area contributed by atoms with Gasteiger partial charge in [-0.05, 0) is 37.1 Å². The molecule has 25 heavy (non-hydrogen) atoms. The molecule has 0 saturated carbocycles. The quantitative estimate of drug-likeness (QED) is 0.753. The molecule has 1 amide bonds. The molecule has 2 heterocycles. The number of benzene rings is 1. The number of hydrogen-bond acceptors (Lipinski definition) is 5. The summed E-state index contributed by atoms with van der Waals surface area (Å²) in [6, 6.07) is 10.3. The zero-order valence-corrected chi connectivity index (χ0v) is 15.9. The van der Waals surface area contributed by atoms with E-state index in [0.29, 0.717) is 33.6 Å². The molecule has 9 heteroatoms. The number of nitrogen functional groups attached to an aromatic ring is 1. The van der Waals surface area contributed by atoms with E-state index in [0.717, 1.165) is 24.2 Å². The molecular formula is C16H20ClN3O3S2. The summed E-state index contributed by atoms with van der Waals surface area (Å²) >= 11 is 1.15. The summed E-state index contributed by atoms with van der Waals surface area (Å²) in [4.78, 5) is 12.8. The van der Waals surface area contributed by atoms with E-state index < -0.39 is 10.0 Å². The number of carbonyl (C=O) groups excluding carboxylic acids is 1. The summed E-state index contributed by atoms with van der Waals surface area (Å²) in [7, 11) is -3.42. The van der Waals surface area contributed by atoms with E-state index in [-0.39, 0.29) is 24.7 Å². The van der Waals surface area contributed by atoms with E-state index >= 15 is 0 Å². The van der Waals surface area contributed by atoms with E-state index in [1.54, 1.807) is 36.4 Å². The largest absolute Gasteiger partial charge is 0.397 e. The Balaban J connectivity index is 0.00000225. The maximum atomic E-state index is 12.5. The van der Waals surface area contributed by atoms with Gasteiger partial charge in [0.2, 0.25) is 5.91 Å². The highest BCUT2D eigenvalue weighted by Crippen LogP contribution is 2.28. The highest BCUT2D eigenvalue weighted by Gasteiger charge is 2.28. The van der Waals surface area contributed by atoms with Gasteiger partial charge in [-0.2, -0.15) is 4.31 Å². The molecule has 1 fully saturated rings. The number of anilines is 2. The molecule has 0 radical (unpaired) electrons. The zero-order chi connectivity index (χ0) is 17.2. The topological polar surface area (TPSA) is 92.5 Å². The molecule has 0 spiro atoms. The molecule has 0 bridgehead atoms. The first-order valence-corrected chi connectivity index (χ1v) is 9.96. The van der Waals surface area contributed by atoms with Gasteiger partial charge in [0, 0.05) is 18.0 Å². The lowest BCUT2D eigenvalue weighted by Gasteiger charge is -2.13. The van der Waals surface area contributed by atoms with E-state index in [1.807, 2.05) is 0 Å². The third-order valence-corrected chi connectivity index (χ3v) is 7.32. The van der Waals surface area contributed by atoms with Crippen LogP contribution in [-0.4, -0.2) is 31.7 Å². The fourth-order valence-corrected chi connectivity index (χ4v) is 5.64. The van der Waals surface area contributed by atoms with Gasteiger partial charge < -0.3 is 11.1 Å². The van der Waals surface area contributed by atoms with Gasteiger partial charge in [-0.15, -0.1) is 23.7 Å². The second-order valence-electron chi connectivity index (χ2n) is 5.64. The van der Waals surface area contributed by atoms with Crippen LogP contribution in [0.25, 0.3) is 0 Å². The Kier molecular flexibility index (Phi) is 6.45. The van der Waals surface area contributed by atoms with Gasteiger partial charge in [0.05, 0.1) is 17.8 Å². The maximum Gasteiger partial charge on any atom is 0.252 e. The number of sulfonamides is 1. The number of thiophene rings is 1. The van der Waals surface area contributed by atoms with Crippen LogP contribution in [0.5, 0.6) is 0 Å². The summed E-state index contributed by atoms with van der Waals surface area (Å²) in [5, 5.41) is 2.74. The Hall–Kier alpha value is -1.61. The Morgan fingerprint density at radius 1 is 1.16 bits per heavy atom. The third-order valence-electron chi connectivity index (χ3n) is 3.87. The number of halogens is 1. The first-order valence-electron chi connectivity index (χ1n) is 7.70. The molecule has 3 rings (SSSR count). The van der Waals surface area contributed by atoms with Crippen LogP contribution in [-0.2, 0) is 21.2 Å². The molecule has 6 nitrogen and oxygen atoms in total. The molecule has 0 atom stereocenters. The van der Waals surface area contributed by atoms with Crippen molar-refractivity contribution in [1.82, 2.24) is 4.31 Å². The molecule has 0 aliphatic carbocycles. The van der Waals surface area contributed by atoms with Gasteiger partial charge in [-0.25, -0.2) is 8.42 Å². The van der Waals surface area contributed by atoms with Gasteiger partial charge >= 0.3 is 0 Å². The van der Waals surface area contributed by atoms with E-state index in [9.17, 15) is 13.2 Å². The summed E-state index contributed by atoms with van der Waals surface area (Å²) in [6.07, 6.45) is 1.92. The summed E-state index contributed by atoms with van der Waals surface area (Å²) in [5.41, 5.74) is 6.85. The van der Waals surface area contributed by atoms with Crippen molar-refractivity contribution in [2.75, 3.05) is 24.1 Å². The number of nitrogens with two attached hydrogens (primary N) is 1. The maximum absolute atomic E-state index is 12.5. The van der Waals surface area contributed by atoms with Crippen molar-refractivity contribution >= 4 is 51.0 Å². The van der Waals surface area contributed by atoms with Crippen molar-refractivity contribution in [3.8, 4) is 0 Å². The Morgan fingerprint density at radius 3 is 2.52 bits per heavy atom. The predicted octanol–water partition coefficient (Wildman–Crippen LogP) is 2.72. The second kappa shape index (κ2) is 8.18. The number of hydrogen-bond donors (Lipinski definition) is 2. The van der Waals surface area contributed by atoms with Crippen LogP contribution in [0.4, 0.5) is 11.4 Å². The van der Waals surface area contributed by atoms with Crippen molar-refractivity contribution in [2.45, 2.75) is 23.5 Å². The highest BCUT2D eigenvalue weighted by molar-refractivity contribution is 7.91. The smallest absolute Gasteiger partial charge is 0.252 e. The molecule has 3 N–H and O–H groups in total. The second-order valence-corrected chi connectivity index (χ2v) is 8.98. The molecular weight excluding hydrogens is 382 g/mol. The van der Waals surface area contributed by atoms with Gasteiger partial charge in [0.1, 0.15) is 4.21 Å². The lowest BCUT2D eigenvalue weighted by Crippen LogP contribution is -2.27. The minimum Gasteiger partial charge on any atom is -0.397 e. The molecule has 1 aromatic carbocycles. The van der Waals surface area contributed by atoms with Crippen LogP contribution < -0.4 is 11.1 Å². The van der Waals surface area contributed by atoms with Gasteiger partial charge in [0.15, 0.2) is 0 Å². The van der Waals surface area contributed by atoms with Crippen molar-refractivity contribution in [3.05, 3.63) is 41.3 Å². The normalized spacial score (nSPS) is 14.9. The first kappa shape index (κ1) is 19.7. The fraction of sp³-hybridized carbons (Fsp3) is 0.312. The van der Waals surface area contributed by atoms with Crippen molar-refractivity contribution in [1.29, 1.82) is 0 Å². The van der Waals surface area contributed by atoms with E-state index in [2.05, 4.69) is 5.32 Å². The number of para-hydroxylation sites is 2. The highest BCUT2D eigenvalue weighted by atomic mass is 35.5. The lowest BCUT2D eigenvalue weighted by atomic mass is 10.2. The Bertz CT molecular complexity index is 846.